The third kappa shape index (κ3) is 3.30. The summed E-state index contributed by atoms with van der Waals surface area (Å²) in [5, 5.41) is 17.1. The van der Waals surface area contributed by atoms with Crippen LogP contribution in [0.15, 0.2) is 18.2 Å². The van der Waals surface area contributed by atoms with Crippen molar-refractivity contribution in [2.24, 2.45) is 11.7 Å². The zero-order chi connectivity index (χ0) is 14.0. The summed E-state index contributed by atoms with van der Waals surface area (Å²) in [5.74, 6) is -0.195. The lowest BCUT2D eigenvalue weighted by molar-refractivity contribution is 0.127. The molecule has 0 aromatic heterocycles. The Morgan fingerprint density at radius 2 is 2.37 bits per heavy atom. The number of aliphatic hydroxyl groups is 1. The van der Waals surface area contributed by atoms with Crippen LogP contribution in [-0.4, -0.2) is 35.0 Å². The number of hydrogen-bond acceptors (Lipinski definition) is 3. The van der Waals surface area contributed by atoms with Crippen molar-refractivity contribution in [1.29, 1.82) is 5.41 Å². The van der Waals surface area contributed by atoms with Crippen molar-refractivity contribution in [3.63, 3.8) is 0 Å². The molecule has 1 aliphatic heterocycles. The summed E-state index contributed by atoms with van der Waals surface area (Å²) in [6.45, 7) is 4.18. The van der Waals surface area contributed by atoms with Gasteiger partial charge in [0.05, 0.1) is 6.10 Å². The van der Waals surface area contributed by atoms with E-state index < -0.39 is 0 Å². The maximum atomic E-state index is 13.2. The summed E-state index contributed by atoms with van der Waals surface area (Å²) in [6.07, 6.45) is 0.666. The topological polar surface area (TPSA) is 73.3 Å². The average Bonchev–Trinajstić information content (AvgIpc) is 2.80. The van der Waals surface area contributed by atoms with Crippen molar-refractivity contribution in [1.82, 2.24) is 4.90 Å². The third-order valence-electron chi connectivity index (χ3n) is 3.75. The fourth-order valence-corrected chi connectivity index (χ4v) is 2.58. The van der Waals surface area contributed by atoms with E-state index in [-0.39, 0.29) is 17.8 Å². The molecule has 1 aliphatic rings. The predicted molar refractivity (Wildman–Crippen MR) is 72.5 cm³/mol. The highest BCUT2D eigenvalue weighted by Gasteiger charge is 2.26. The predicted octanol–water partition coefficient (Wildman–Crippen LogP) is 1.31. The molecular formula is C14H20FN3O. The van der Waals surface area contributed by atoms with Gasteiger partial charge in [-0.3, -0.25) is 10.3 Å². The fraction of sp³-hybridized carbons (Fsp3) is 0.500. The second-order valence-electron chi connectivity index (χ2n) is 5.24. The number of rotatable bonds is 4. The van der Waals surface area contributed by atoms with Crippen LogP contribution in [0, 0.1) is 17.1 Å². The smallest absolute Gasteiger partial charge is 0.123 e. The minimum absolute atomic E-state index is 0.110. The average molecular weight is 265 g/mol. The zero-order valence-electron chi connectivity index (χ0n) is 11.1. The Bertz CT molecular complexity index is 476. The molecule has 2 atom stereocenters. The minimum atomic E-state index is -0.378. The van der Waals surface area contributed by atoms with Gasteiger partial charge in [-0.2, -0.15) is 0 Å². The number of halogens is 1. The van der Waals surface area contributed by atoms with Crippen LogP contribution >= 0.6 is 0 Å². The Morgan fingerprint density at radius 1 is 1.63 bits per heavy atom. The SMILES string of the molecule is CC(O)C1CCN(Cc2ccc(F)cc2C(=N)N)C1. The third-order valence-corrected chi connectivity index (χ3v) is 3.75. The Labute approximate surface area is 112 Å². The highest BCUT2D eigenvalue weighted by Crippen LogP contribution is 2.22. The highest BCUT2D eigenvalue weighted by atomic mass is 19.1. The van der Waals surface area contributed by atoms with Crippen LogP contribution in [-0.2, 0) is 6.54 Å². The second-order valence-corrected chi connectivity index (χ2v) is 5.24. The molecule has 0 amide bonds. The quantitative estimate of drug-likeness (QED) is 0.567. The van der Waals surface area contributed by atoms with Crippen LogP contribution < -0.4 is 5.73 Å². The molecule has 2 rings (SSSR count). The van der Waals surface area contributed by atoms with E-state index in [1.165, 1.54) is 12.1 Å². The summed E-state index contributed by atoms with van der Waals surface area (Å²) in [4.78, 5) is 2.21. The van der Waals surface area contributed by atoms with Crippen molar-refractivity contribution < 1.29 is 9.50 Å². The molecule has 0 bridgehead atoms. The first-order chi connectivity index (χ1) is 8.97. The molecular weight excluding hydrogens is 245 g/mol. The molecule has 4 N–H and O–H groups in total. The molecule has 0 radical (unpaired) electrons. The fourth-order valence-electron chi connectivity index (χ4n) is 2.58. The first-order valence-corrected chi connectivity index (χ1v) is 6.50. The minimum Gasteiger partial charge on any atom is -0.393 e. The van der Waals surface area contributed by atoms with E-state index in [2.05, 4.69) is 4.90 Å². The molecule has 104 valence electrons. The van der Waals surface area contributed by atoms with Gasteiger partial charge in [0.1, 0.15) is 11.7 Å². The number of hydrogen-bond donors (Lipinski definition) is 3. The lowest BCUT2D eigenvalue weighted by Gasteiger charge is -2.19. The van der Waals surface area contributed by atoms with Gasteiger partial charge in [-0.1, -0.05) is 6.07 Å². The summed E-state index contributed by atoms with van der Waals surface area (Å²) in [5.41, 5.74) is 6.81. The van der Waals surface area contributed by atoms with Gasteiger partial charge in [-0.15, -0.1) is 0 Å². The van der Waals surface area contributed by atoms with Crippen molar-refractivity contribution in [3.8, 4) is 0 Å². The largest absolute Gasteiger partial charge is 0.393 e. The van der Waals surface area contributed by atoms with Gasteiger partial charge in [0.15, 0.2) is 0 Å². The molecule has 1 aromatic rings. The Balaban J connectivity index is 2.10. The lowest BCUT2D eigenvalue weighted by Crippen LogP contribution is -2.25. The molecule has 0 spiro atoms. The maximum Gasteiger partial charge on any atom is 0.123 e. The van der Waals surface area contributed by atoms with Crippen LogP contribution in [0.5, 0.6) is 0 Å². The second kappa shape index (κ2) is 5.67. The number of nitrogens with one attached hydrogen (secondary N) is 1. The van der Waals surface area contributed by atoms with Gasteiger partial charge in [-0.05, 0) is 43.5 Å². The number of nitrogens with zero attached hydrogens (tertiary/aromatic N) is 1. The van der Waals surface area contributed by atoms with E-state index in [4.69, 9.17) is 11.1 Å². The molecule has 1 heterocycles. The van der Waals surface area contributed by atoms with E-state index >= 15 is 0 Å². The first-order valence-electron chi connectivity index (χ1n) is 6.50. The van der Waals surface area contributed by atoms with Crippen LogP contribution in [0.4, 0.5) is 4.39 Å². The molecule has 1 fully saturated rings. The number of benzene rings is 1. The van der Waals surface area contributed by atoms with Crippen molar-refractivity contribution in [3.05, 3.63) is 35.1 Å². The number of likely N-dealkylation sites (tertiary alicyclic amines) is 1. The van der Waals surface area contributed by atoms with Gasteiger partial charge in [0.25, 0.3) is 0 Å². The normalized spacial score (nSPS) is 21.5. The molecule has 4 nitrogen and oxygen atoms in total. The van der Waals surface area contributed by atoms with E-state index in [0.29, 0.717) is 18.0 Å². The van der Waals surface area contributed by atoms with E-state index in [9.17, 15) is 9.50 Å². The van der Waals surface area contributed by atoms with Gasteiger partial charge in [0, 0.05) is 18.7 Å². The van der Waals surface area contributed by atoms with Crippen molar-refractivity contribution >= 4 is 5.84 Å². The first kappa shape index (κ1) is 14.0. The Morgan fingerprint density at radius 3 is 2.95 bits per heavy atom. The summed E-state index contributed by atoms with van der Waals surface area (Å²) < 4.78 is 13.2. The maximum absolute atomic E-state index is 13.2. The van der Waals surface area contributed by atoms with Gasteiger partial charge in [0.2, 0.25) is 0 Å². The van der Waals surface area contributed by atoms with Crippen molar-refractivity contribution in [2.45, 2.75) is 26.0 Å². The molecule has 1 saturated heterocycles. The monoisotopic (exact) mass is 265 g/mol. The Kier molecular flexibility index (Phi) is 4.17. The van der Waals surface area contributed by atoms with Crippen molar-refractivity contribution in [2.75, 3.05) is 13.1 Å². The van der Waals surface area contributed by atoms with Gasteiger partial charge >= 0.3 is 0 Å². The number of nitrogens with two attached hydrogens (primary N) is 1. The Hall–Kier alpha value is -1.46. The molecule has 0 aliphatic carbocycles. The van der Waals surface area contributed by atoms with E-state index in [0.717, 1.165) is 25.1 Å². The highest BCUT2D eigenvalue weighted by molar-refractivity contribution is 5.96. The number of nitrogen functional groups attached to an aromatic ring is 1. The number of aliphatic hydroxyl groups excluding tert-OH is 1. The lowest BCUT2D eigenvalue weighted by atomic mass is 10.0. The zero-order valence-corrected chi connectivity index (χ0v) is 11.1. The summed E-state index contributed by atoms with van der Waals surface area (Å²) in [7, 11) is 0. The molecule has 2 unspecified atom stereocenters. The molecule has 0 saturated carbocycles. The van der Waals surface area contributed by atoms with Crippen LogP contribution in [0.25, 0.3) is 0 Å². The summed E-state index contributed by atoms with van der Waals surface area (Å²) in [6, 6.07) is 4.38. The number of amidine groups is 1. The van der Waals surface area contributed by atoms with Gasteiger partial charge < -0.3 is 10.8 Å². The van der Waals surface area contributed by atoms with E-state index in [1.807, 2.05) is 6.92 Å². The van der Waals surface area contributed by atoms with Gasteiger partial charge in [-0.25, -0.2) is 4.39 Å². The standard InChI is InChI=1S/C14H20FN3O/c1-9(19)10-4-5-18(7-10)8-11-2-3-12(15)6-13(11)14(16)17/h2-3,6,9-10,19H,4-5,7-8H2,1H3,(H3,16,17). The molecule has 1 aromatic carbocycles. The van der Waals surface area contributed by atoms with Crippen LogP contribution in [0.2, 0.25) is 0 Å². The molecule has 19 heavy (non-hydrogen) atoms. The summed E-state index contributed by atoms with van der Waals surface area (Å²) >= 11 is 0. The molecule has 5 heteroatoms. The van der Waals surface area contributed by atoms with Crippen LogP contribution in [0.1, 0.15) is 24.5 Å². The van der Waals surface area contributed by atoms with Crippen LogP contribution in [0.3, 0.4) is 0 Å². The van der Waals surface area contributed by atoms with E-state index in [1.54, 1.807) is 6.07 Å².